The molecule has 1 heterocycles. The van der Waals surface area contributed by atoms with Crippen LogP contribution in [0, 0.1) is 0 Å². The number of carboxylic acid groups (broad SMARTS) is 1. The maximum absolute atomic E-state index is 13.2. The monoisotopic (exact) mass is 1110 g/mol. The summed E-state index contributed by atoms with van der Waals surface area (Å²) in [4.78, 5) is 51.3. The number of carbonyl (C=O) groups is 4. The number of ether oxygens (including phenoxy) is 5. The second kappa shape index (κ2) is 55.0. The van der Waals surface area contributed by atoms with E-state index in [1.54, 1.807) is 0 Å². The fourth-order valence-electron chi connectivity index (χ4n) is 9.65. The van der Waals surface area contributed by atoms with E-state index in [0.29, 0.717) is 19.3 Å². The van der Waals surface area contributed by atoms with Gasteiger partial charge in [-0.2, -0.15) is 0 Å². The van der Waals surface area contributed by atoms with Crippen LogP contribution in [0.2, 0.25) is 0 Å². The van der Waals surface area contributed by atoms with Gasteiger partial charge >= 0.3 is 23.9 Å². The third-order valence-corrected chi connectivity index (χ3v) is 14.6. The Hall–Kier alpha value is -3.58. The van der Waals surface area contributed by atoms with Crippen LogP contribution in [0.4, 0.5) is 0 Å². The number of aliphatic hydroxyl groups is 2. The highest BCUT2D eigenvalue weighted by Crippen LogP contribution is 2.27. The molecule has 0 aromatic carbocycles. The minimum absolute atomic E-state index is 0.0248. The zero-order valence-corrected chi connectivity index (χ0v) is 50.4. The molecule has 0 saturated carbocycles. The first-order valence-corrected chi connectivity index (χ1v) is 32.3. The number of aliphatic carboxylic acids is 1. The van der Waals surface area contributed by atoms with E-state index in [1.165, 1.54) is 128 Å². The van der Waals surface area contributed by atoms with E-state index in [9.17, 15) is 34.5 Å². The molecule has 12 nitrogen and oxygen atoms in total. The zero-order chi connectivity index (χ0) is 57.5. The van der Waals surface area contributed by atoms with Gasteiger partial charge in [-0.3, -0.25) is 14.4 Å². The Morgan fingerprint density at radius 2 is 0.797 bits per heavy atom. The van der Waals surface area contributed by atoms with Crippen molar-refractivity contribution in [3.05, 3.63) is 60.8 Å². The normalized spacial score (nSPS) is 18.2. The predicted octanol–water partition coefficient (Wildman–Crippen LogP) is 17.1. The van der Waals surface area contributed by atoms with Crippen LogP contribution in [-0.2, 0) is 42.9 Å². The number of aliphatic hydroxyl groups excluding tert-OH is 2. The molecule has 12 heteroatoms. The van der Waals surface area contributed by atoms with Crippen LogP contribution < -0.4 is 0 Å². The van der Waals surface area contributed by atoms with Crippen molar-refractivity contribution in [1.29, 1.82) is 0 Å². The second-order valence-electron chi connectivity index (χ2n) is 22.0. The average molecular weight is 1110 g/mol. The molecule has 0 amide bonds. The summed E-state index contributed by atoms with van der Waals surface area (Å²) in [6, 6.07) is 0. The van der Waals surface area contributed by atoms with Crippen LogP contribution in [0.3, 0.4) is 0 Å². The number of esters is 3. The van der Waals surface area contributed by atoms with Crippen LogP contribution in [0.1, 0.15) is 290 Å². The molecule has 1 rings (SSSR count). The van der Waals surface area contributed by atoms with Crippen LogP contribution >= 0.6 is 0 Å². The Morgan fingerprint density at radius 1 is 0.430 bits per heavy atom. The van der Waals surface area contributed by atoms with E-state index in [-0.39, 0.29) is 25.9 Å². The summed E-state index contributed by atoms with van der Waals surface area (Å²) in [5, 5.41) is 31.5. The smallest absolute Gasteiger partial charge is 0.335 e. The molecular weight excluding hydrogens is 997 g/mol. The van der Waals surface area contributed by atoms with Crippen molar-refractivity contribution in [3.8, 4) is 0 Å². The number of unbranched alkanes of at least 4 members (excludes halogenated alkanes) is 31. The Kier molecular flexibility index (Phi) is 51.1. The largest absolute Gasteiger partial charge is 0.479 e. The summed E-state index contributed by atoms with van der Waals surface area (Å²) in [5.74, 6) is -3.15. The van der Waals surface area contributed by atoms with E-state index in [0.717, 1.165) is 103 Å². The van der Waals surface area contributed by atoms with Crippen LogP contribution in [-0.4, -0.2) is 89.2 Å². The van der Waals surface area contributed by atoms with Gasteiger partial charge in [-0.1, -0.05) is 248 Å². The molecule has 6 unspecified atom stereocenters. The molecule has 3 N–H and O–H groups in total. The Bertz CT molecular complexity index is 1600. The van der Waals surface area contributed by atoms with Gasteiger partial charge in [-0.05, 0) is 83.5 Å². The highest BCUT2D eigenvalue weighted by atomic mass is 16.7. The lowest BCUT2D eigenvalue weighted by molar-refractivity contribution is -0.301. The SMILES string of the molecule is CC/C=C\C/C=C\C/C=C\CCCCCC(=O)OC1C(OCC(COC(=O)CCCCCCCCCCCCCCCCCCCCC)OC(=O)CCCCCCCCC/C=C\C/C=C\CCCCC)OC(C(=O)O)C(O)C1O. The average Bonchev–Trinajstić information content (AvgIpc) is 3.46. The quantitative estimate of drug-likeness (QED) is 0.0228. The molecule has 0 spiro atoms. The number of carbonyl (C=O) groups excluding carboxylic acids is 3. The third-order valence-electron chi connectivity index (χ3n) is 14.6. The molecular formula is C67H116O12. The van der Waals surface area contributed by atoms with Gasteiger partial charge in [0.1, 0.15) is 18.8 Å². The van der Waals surface area contributed by atoms with Gasteiger partial charge < -0.3 is 39.0 Å². The van der Waals surface area contributed by atoms with E-state index in [2.05, 4.69) is 81.5 Å². The number of hydrogen-bond acceptors (Lipinski definition) is 11. The topological polar surface area (TPSA) is 175 Å². The second-order valence-corrected chi connectivity index (χ2v) is 22.0. The summed E-state index contributed by atoms with van der Waals surface area (Å²) in [5.41, 5.74) is 0. The third kappa shape index (κ3) is 44.7. The number of hydrogen-bond donors (Lipinski definition) is 3. The van der Waals surface area contributed by atoms with Crippen LogP contribution in [0.5, 0.6) is 0 Å². The predicted molar refractivity (Wildman–Crippen MR) is 322 cm³/mol. The Morgan fingerprint density at radius 3 is 1.25 bits per heavy atom. The van der Waals surface area contributed by atoms with Crippen molar-refractivity contribution in [2.24, 2.45) is 0 Å². The van der Waals surface area contributed by atoms with Gasteiger partial charge in [-0.15, -0.1) is 0 Å². The molecule has 0 aromatic heterocycles. The summed E-state index contributed by atoms with van der Waals surface area (Å²) in [6.45, 7) is 5.87. The minimum atomic E-state index is -1.91. The van der Waals surface area contributed by atoms with Crippen molar-refractivity contribution < 1.29 is 58.2 Å². The molecule has 79 heavy (non-hydrogen) atoms. The fourth-order valence-corrected chi connectivity index (χ4v) is 9.65. The zero-order valence-electron chi connectivity index (χ0n) is 50.4. The van der Waals surface area contributed by atoms with Gasteiger partial charge in [0.15, 0.2) is 24.6 Å². The van der Waals surface area contributed by atoms with Crippen molar-refractivity contribution >= 4 is 23.9 Å². The van der Waals surface area contributed by atoms with Gasteiger partial charge in [0.2, 0.25) is 0 Å². The summed E-state index contributed by atoms with van der Waals surface area (Å²) >= 11 is 0. The number of rotatable bonds is 55. The maximum atomic E-state index is 13.2. The highest BCUT2D eigenvalue weighted by Gasteiger charge is 2.50. The molecule has 1 fully saturated rings. The summed E-state index contributed by atoms with van der Waals surface area (Å²) < 4.78 is 28.5. The van der Waals surface area contributed by atoms with E-state index >= 15 is 0 Å². The van der Waals surface area contributed by atoms with Crippen LogP contribution in [0.15, 0.2) is 60.8 Å². The number of carboxylic acids is 1. The highest BCUT2D eigenvalue weighted by molar-refractivity contribution is 5.74. The molecule has 0 bridgehead atoms. The van der Waals surface area contributed by atoms with Crippen molar-refractivity contribution in [2.45, 2.75) is 327 Å². The van der Waals surface area contributed by atoms with E-state index in [1.807, 2.05) is 0 Å². The lowest BCUT2D eigenvalue weighted by Crippen LogP contribution is -2.61. The number of allylic oxidation sites excluding steroid dienone is 10. The van der Waals surface area contributed by atoms with Crippen molar-refractivity contribution in [1.82, 2.24) is 0 Å². The molecule has 0 aliphatic carbocycles. The Labute approximate surface area is 481 Å². The summed E-state index contributed by atoms with van der Waals surface area (Å²) in [7, 11) is 0. The molecule has 1 aliphatic heterocycles. The van der Waals surface area contributed by atoms with Crippen molar-refractivity contribution in [3.63, 3.8) is 0 Å². The molecule has 1 aliphatic rings. The first-order valence-electron chi connectivity index (χ1n) is 32.3. The fraction of sp³-hybridized carbons (Fsp3) is 0.791. The van der Waals surface area contributed by atoms with Gasteiger partial charge in [-0.25, -0.2) is 4.79 Å². The lowest BCUT2D eigenvalue weighted by Gasteiger charge is -2.40. The van der Waals surface area contributed by atoms with Gasteiger partial charge in [0.05, 0.1) is 6.61 Å². The Balaban J connectivity index is 2.66. The first-order chi connectivity index (χ1) is 38.6. The van der Waals surface area contributed by atoms with Crippen LogP contribution in [0.25, 0.3) is 0 Å². The minimum Gasteiger partial charge on any atom is -0.479 e. The maximum Gasteiger partial charge on any atom is 0.335 e. The van der Waals surface area contributed by atoms with Gasteiger partial charge in [0.25, 0.3) is 0 Å². The first kappa shape index (κ1) is 73.4. The molecule has 6 atom stereocenters. The summed E-state index contributed by atoms with van der Waals surface area (Å²) in [6.07, 6.45) is 56.2. The molecule has 0 aromatic rings. The van der Waals surface area contributed by atoms with Gasteiger partial charge in [0, 0.05) is 19.3 Å². The molecule has 1 saturated heterocycles. The molecule has 456 valence electrons. The van der Waals surface area contributed by atoms with Crippen molar-refractivity contribution in [2.75, 3.05) is 13.2 Å². The lowest BCUT2D eigenvalue weighted by atomic mass is 9.98. The molecule has 0 radical (unpaired) electrons. The van der Waals surface area contributed by atoms with E-state index < -0.39 is 67.3 Å². The van der Waals surface area contributed by atoms with E-state index in [4.69, 9.17) is 23.7 Å². The standard InChI is InChI=1S/C67H116O12/c1-4-7-10-13-16-19-22-25-27-29-30-32-33-36-38-41-44-47-50-53-59(68)75-56-58(77-60(69)54-51-48-45-42-40-37-34-31-28-26-23-20-17-14-11-8-5-2)57-76-67-65(63(72)62(71)64(79-67)66(73)74)78-61(70)55-52-49-46-43-39-35-24-21-18-15-12-9-6-3/h9,12,17-18,20-21,26,28,35,39,58,62-65,67,71-72H,4-8,10-11,13-16,19,22-25,27,29-34,36-38,40-57H2,1-3H3,(H,73,74)/b12-9-,20-17-,21-18-,28-26-,39-35-.